The molecule has 1 aromatic carbocycles. The van der Waals surface area contributed by atoms with Crippen LogP contribution in [0, 0.1) is 11.6 Å². The third-order valence-electron chi connectivity index (χ3n) is 5.04. The second-order valence-corrected chi connectivity index (χ2v) is 8.18. The van der Waals surface area contributed by atoms with Crippen molar-refractivity contribution in [2.24, 2.45) is 0 Å². The molecule has 3 heterocycles. The molecule has 0 saturated carbocycles. The summed E-state index contributed by atoms with van der Waals surface area (Å²) in [7, 11) is 0. The summed E-state index contributed by atoms with van der Waals surface area (Å²) in [5.41, 5.74) is -1.72. The number of aromatic nitrogens is 1. The Hall–Kier alpha value is -1.88. The molecule has 0 spiro atoms. The van der Waals surface area contributed by atoms with Gasteiger partial charge in [0.1, 0.15) is 22.9 Å². The molecule has 30 heavy (non-hydrogen) atoms. The molecule has 152 valence electrons. The Morgan fingerprint density at radius 1 is 1.33 bits per heavy atom. The molecule has 1 N–H and O–H groups in total. The second kappa shape index (κ2) is 8.70. The molecule has 11 heteroatoms. The minimum absolute atomic E-state index is 0. The van der Waals surface area contributed by atoms with Gasteiger partial charge >= 0.3 is 29.6 Å². The summed E-state index contributed by atoms with van der Waals surface area (Å²) < 4.78 is 28.1. The van der Waals surface area contributed by atoms with Gasteiger partial charge in [-0.05, 0) is 18.7 Å². The van der Waals surface area contributed by atoms with E-state index in [2.05, 4.69) is 5.32 Å². The molecule has 7 nitrogen and oxygen atoms in total. The molecule has 2 atom stereocenters. The van der Waals surface area contributed by atoms with Crippen LogP contribution < -0.4 is 45.4 Å². The van der Waals surface area contributed by atoms with Gasteiger partial charge in [0.2, 0.25) is 0 Å². The van der Waals surface area contributed by atoms with Gasteiger partial charge in [0, 0.05) is 36.2 Å². The fourth-order valence-corrected chi connectivity index (χ4v) is 4.95. The van der Waals surface area contributed by atoms with Crippen LogP contribution in [0.25, 0.3) is 0 Å². The standard InChI is InChI=1S/C19H17F2N3O4S.Na/c1-9-8-29-14-7-23-6-12(16(25)17(26)15(23)19(28)24(9)14)18(27)22-5-10-2-3-11(20)4-13(10)21;/h2-4,6,9,14,26H,5,7-8H2,1H3,(H,22,27);/q;+1/p-1/t9-,14?;/m0./s1. The molecule has 0 aliphatic carbocycles. The molecule has 1 unspecified atom stereocenters. The van der Waals surface area contributed by atoms with E-state index in [9.17, 15) is 28.3 Å². The molecule has 1 saturated heterocycles. The topological polar surface area (TPSA) is 94.5 Å². The molecule has 1 aromatic heterocycles. The van der Waals surface area contributed by atoms with Crippen molar-refractivity contribution < 1.29 is 53.0 Å². The van der Waals surface area contributed by atoms with Gasteiger partial charge in [0.05, 0.1) is 11.9 Å². The van der Waals surface area contributed by atoms with Crippen molar-refractivity contribution in [1.82, 2.24) is 14.8 Å². The van der Waals surface area contributed by atoms with Crippen LogP contribution >= 0.6 is 11.8 Å². The molecular weight excluding hydrogens is 427 g/mol. The van der Waals surface area contributed by atoms with Gasteiger partial charge in [-0.3, -0.25) is 14.4 Å². The van der Waals surface area contributed by atoms with Crippen LogP contribution in [0.15, 0.2) is 29.2 Å². The summed E-state index contributed by atoms with van der Waals surface area (Å²) in [6.07, 6.45) is 1.20. The number of carbonyl (C=O) groups excluding carboxylic acids is 2. The van der Waals surface area contributed by atoms with Crippen LogP contribution in [0.1, 0.15) is 33.3 Å². The number of nitrogens with one attached hydrogen (secondary N) is 1. The molecule has 2 amide bonds. The van der Waals surface area contributed by atoms with Gasteiger partial charge in [0.25, 0.3) is 11.8 Å². The van der Waals surface area contributed by atoms with Crippen molar-refractivity contribution in [3.63, 3.8) is 0 Å². The monoisotopic (exact) mass is 443 g/mol. The van der Waals surface area contributed by atoms with E-state index in [4.69, 9.17) is 0 Å². The number of hydrogen-bond acceptors (Lipinski definition) is 5. The van der Waals surface area contributed by atoms with E-state index in [1.807, 2.05) is 6.92 Å². The number of benzene rings is 1. The maximum Gasteiger partial charge on any atom is 1.00 e. The van der Waals surface area contributed by atoms with Crippen LogP contribution in [-0.2, 0) is 13.1 Å². The third kappa shape index (κ3) is 3.89. The number of thioether (sulfide) groups is 1. The summed E-state index contributed by atoms with van der Waals surface area (Å²) in [6.45, 7) is 1.88. The Morgan fingerprint density at radius 3 is 2.77 bits per heavy atom. The number of hydrogen-bond donors (Lipinski definition) is 1. The first-order valence-electron chi connectivity index (χ1n) is 8.88. The van der Waals surface area contributed by atoms with Crippen molar-refractivity contribution >= 4 is 23.6 Å². The summed E-state index contributed by atoms with van der Waals surface area (Å²) in [4.78, 5) is 39.2. The number of amides is 2. The number of halogens is 2. The van der Waals surface area contributed by atoms with Gasteiger partial charge in [0.15, 0.2) is 5.43 Å². The Balaban J connectivity index is 0.00000256. The summed E-state index contributed by atoms with van der Waals surface area (Å²) in [5.74, 6) is -3.28. The van der Waals surface area contributed by atoms with E-state index in [1.54, 1.807) is 16.7 Å². The first kappa shape index (κ1) is 22.8. The van der Waals surface area contributed by atoms with Crippen LogP contribution in [0.4, 0.5) is 8.78 Å². The molecular formula is C19H16F2N3NaO4S. The molecule has 4 rings (SSSR count). The fourth-order valence-electron chi connectivity index (χ4n) is 3.56. The first-order chi connectivity index (χ1) is 13.8. The maximum atomic E-state index is 13.7. The number of nitrogens with zero attached hydrogens (tertiary/aromatic N) is 2. The Bertz CT molecular complexity index is 1090. The van der Waals surface area contributed by atoms with Crippen molar-refractivity contribution in [2.75, 3.05) is 5.75 Å². The smallest absolute Gasteiger partial charge is 0.868 e. The van der Waals surface area contributed by atoms with Gasteiger partial charge < -0.3 is 19.9 Å². The van der Waals surface area contributed by atoms with E-state index in [1.165, 1.54) is 16.8 Å². The van der Waals surface area contributed by atoms with E-state index in [0.717, 1.165) is 11.8 Å². The van der Waals surface area contributed by atoms with E-state index in [0.29, 0.717) is 12.6 Å². The van der Waals surface area contributed by atoms with Gasteiger partial charge in [-0.1, -0.05) is 6.07 Å². The zero-order chi connectivity index (χ0) is 20.9. The molecule has 2 aromatic rings. The van der Waals surface area contributed by atoms with Gasteiger partial charge in [-0.25, -0.2) is 8.78 Å². The van der Waals surface area contributed by atoms with E-state index >= 15 is 0 Å². The molecule has 2 aliphatic heterocycles. The molecule has 0 radical (unpaired) electrons. The Kier molecular flexibility index (Phi) is 6.61. The van der Waals surface area contributed by atoms with Crippen LogP contribution in [0.5, 0.6) is 5.75 Å². The minimum atomic E-state index is -1.08. The Morgan fingerprint density at radius 2 is 2.07 bits per heavy atom. The van der Waals surface area contributed by atoms with Crippen molar-refractivity contribution in [3.8, 4) is 5.75 Å². The maximum absolute atomic E-state index is 13.7. The summed E-state index contributed by atoms with van der Waals surface area (Å²) in [6, 6.07) is 2.86. The fraction of sp³-hybridized carbons (Fsp3) is 0.316. The number of pyridine rings is 1. The summed E-state index contributed by atoms with van der Waals surface area (Å²) >= 11 is 1.57. The number of fused-ring (bicyclic) bond motifs is 2. The second-order valence-electron chi connectivity index (χ2n) is 6.97. The average molecular weight is 443 g/mol. The van der Waals surface area contributed by atoms with E-state index < -0.39 is 40.2 Å². The van der Waals surface area contributed by atoms with Crippen LogP contribution in [-0.4, -0.2) is 38.4 Å². The third-order valence-corrected chi connectivity index (χ3v) is 6.48. The molecule has 2 aliphatic rings. The summed E-state index contributed by atoms with van der Waals surface area (Å²) in [5, 5.41) is 14.7. The number of rotatable bonds is 3. The van der Waals surface area contributed by atoms with Gasteiger partial charge in [-0.2, -0.15) is 0 Å². The average Bonchev–Trinajstić information content (AvgIpc) is 3.04. The van der Waals surface area contributed by atoms with Crippen LogP contribution in [0.2, 0.25) is 0 Å². The molecule has 0 bridgehead atoms. The van der Waals surface area contributed by atoms with E-state index in [-0.39, 0.29) is 58.8 Å². The van der Waals surface area contributed by atoms with Crippen molar-refractivity contribution in [2.45, 2.75) is 31.4 Å². The minimum Gasteiger partial charge on any atom is -0.868 e. The molecule has 1 fully saturated rings. The zero-order valence-electron chi connectivity index (χ0n) is 16.3. The predicted molar refractivity (Wildman–Crippen MR) is 99.6 cm³/mol. The van der Waals surface area contributed by atoms with Gasteiger partial charge in [-0.15, -0.1) is 11.8 Å². The number of carbonyl (C=O) groups is 2. The largest absolute Gasteiger partial charge is 1.00 e. The van der Waals surface area contributed by atoms with Crippen molar-refractivity contribution in [3.05, 3.63) is 63.1 Å². The van der Waals surface area contributed by atoms with Crippen molar-refractivity contribution in [1.29, 1.82) is 0 Å². The predicted octanol–water partition coefficient (Wildman–Crippen LogP) is -1.95. The first-order valence-corrected chi connectivity index (χ1v) is 9.93. The quantitative estimate of drug-likeness (QED) is 0.557. The SMILES string of the molecule is C[C@H]1CSC2Cn3cc(C(=O)NCc4ccc(F)cc4F)c(=O)c([O-])c3C(=O)N21.[Na+]. The Labute approximate surface area is 196 Å². The van der Waals surface area contributed by atoms with Crippen LogP contribution in [0.3, 0.4) is 0 Å². The normalized spacial score (nSPS) is 19.7. The zero-order valence-corrected chi connectivity index (χ0v) is 19.1.